The summed E-state index contributed by atoms with van der Waals surface area (Å²) in [6, 6.07) is 9.08. The SMILES string of the molecule is CCC(CCNC(=O)c1ccccc1)CCC(=O)O. The molecule has 1 rings (SSSR count). The second-order valence-corrected chi connectivity index (χ2v) is 4.62. The molecule has 19 heavy (non-hydrogen) atoms. The topological polar surface area (TPSA) is 66.4 Å². The van der Waals surface area contributed by atoms with Gasteiger partial charge in [0, 0.05) is 18.5 Å². The largest absolute Gasteiger partial charge is 0.481 e. The lowest BCUT2D eigenvalue weighted by Gasteiger charge is -2.14. The summed E-state index contributed by atoms with van der Waals surface area (Å²) in [4.78, 5) is 22.3. The van der Waals surface area contributed by atoms with Crippen LogP contribution in [0.4, 0.5) is 0 Å². The minimum absolute atomic E-state index is 0.0753. The fourth-order valence-corrected chi connectivity index (χ4v) is 1.96. The molecule has 0 aromatic heterocycles. The zero-order valence-electron chi connectivity index (χ0n) is 11.3. The first-order valence-corrected chi connectivity index (χ1v) is 6.68. The molecule has 0 saturated carbocycles. The third-order valence-corrected chi connectivity index (χ3v) is 3.22. The van der Waals surface area contributed by atoms with Crippen LogP contribution in [0.1, 0.15) is 43.0 Å². The van der Waals surface area contributed by atoms with Gasteiger partial charge in [-0.05, 0) is 30.9 Å². The summed E-state index contributed by atoms with van der Waals surface area (Å²) in [5, 5.41) is 11.5. The Kier molecular flexibility index (Phi) is 6.64. The third kappa shape index (κ3) is 6.04. The summed E-state index contributed by atoms with van der Waals surface area (Å²) >= 11 is 0. The van der Waals surface area contributed by atoms with Crippen molar-refractivity contribution in [3.8, 4) is 0 Å². The van der Waals surface area contributed by atoms with Gasteiger partial charge in [-0.3, -0.25) is 9.59 Å². The van der Waals surface area contributed by atoms with Crippen molar-refractivity contribution in [2.24, 2.45) is 5.92 Å². The fourth-order valence-electron chi connectivity index (χ4n) is 1.96. The summed E-state index contributed by atoms with van der Waals surface area (Å²) < 4.78 is 0. The lowest BCUT2D eigenvalue weighted by Crippen LogP contribution is -2.26. The van der Waals surface area contributed by atoms with E-state index in [4.69, 9.17) is 5.11 Å². The van der Waals surface area contributed by atoms with Crippen molar-refractivity contribution in [1.29, 1.82) is 0 Å². The molecule has 0 spiro atoms. The number of carbonyl (C=O) groups is 2. The molecule has 0 aliphatic rings. The molecule has 0 aliphatic carbocycles. The number of carboxylic acids is 1. The van der Waals surface area contributed by atoms with Gasteiger partial charge in [0.15, 0.2) is 0 Å². The highest BCUT2D eigenvalue weighted by atomic mass is 16.4. The number of hydrogen-bond donors (Lipinski definition) is 2. The van der Waals surface area contributed by atoms with Crippen LogP contribution in [0.25, 0.3) is 0 Å². The Labute approximate surface area is 113 Å². The van der Waals surface area contributed by atoms with Gasteiger partial charge in [-0.15, -0.1) is 0 Å². The third-order valence-electron chi connectivity index (χ3n) is 3.22. The maximum absolute atomic E-state index is 11.8. The molecule has 1 unspecified atom stereocenters. The maximum atomic E-state index is 11.8. The van der Waals surface area contributed by atoms with Crippen LogP contribution < -0.4 is 5.32 Å². The summed E-state index contributed by atoms with van der Waals surface area (Å²) in [6.07, 6.45) is 2.63. The molecule has 0 bridgehead atoms. The first-order valence-electron chi connectivity index (χ1n) is 6.68. The zero-order valence-corrected chi connectivity index (χ0v) is 11.3. The van der Waals surface area contributed by atoms with E-state index >= 15 is 0 Å². The highest BCUT2D eigenvalue weighted by molar-refractivity contribution is 5.94. The number of carboxylic acid groups (broad SMARTS) is 1. The molecule has 4 heteroatoms. The van der Waals surface area contributed by atoms with E-state index in [9.17, 15) is 9.59 Å². The monoisotopic (exact) mass is 263 g/mol. The van der Waals surface area contributed by atoms with Crippen molar-refractivity contribution in [3.63, 3.8) is 0 Å². The van der Waals surface area contributed by atoms with E-state index in [-0.39, 0.29) is 12.3 Å². The number of amides is 1. The molecule has 1 aromatic rings. The Hall–Kier alpha value is -1.84. The predicted octanol–water partition coefficient (Wildman–Crippen LogP) is 2.70. The van der Waals surface area contributed by atoms with Gasteiger partial charge >= 0.3 is 5.97 Å². The average molecular weight is 263 g/mol. The number of carbonyl (C=O) groups excluding carboxylic acids is 1. The van der Waals surface area contributed by atoms with Crippen molar-refractivity contribution in [2.75, 3.05) is 6.54 Å². The molecule has 1 aromatic carbocycles. The van der Waals surface area contributed by atoms with Crippen LogP contribution in [0.15, 0.2) is 30.3 Å². The minimum atomic E-state index is -0.758. The van der Waals surface area contributed by atoms with Gasteiger partial charge in [-0.1, -0.05) is 31.5 Å². The Morgan fingerprint density at radius 1 is 1.21 bits per heavy atom. The molecule has 0 radical (unpaired) electrons. The number of benzene rings is 1. The lowest BCUT2D eigenvalue weighted by atomic mass is 9.96. The van der Waals surface area contributed by atoms with E-state index in [1.165, 1.54) is 0 Å². The van der Waals surface area contributed by atoms with Crippen LogP contribution >= 0.6 is 0 Å². The molecule has 2 N–H and O–H groups in total. The highest BCUT2D eigenvalue weighted by Crippen LogP contribution is 2.14. The van der Waals surface area contributed by atoms with Gasteiger partial charge in [-0.2, -0.15) is 0 Å². The van der Waals surface area contributed by atoms with E-state index in [0.29, 0.717) is 24.4 Å². The van der Waals surface area contributed by atoms with E-state index < -0.39 is 5.97 Å². The standard InChI is InChI=1S/C15H21NO3/c1-2-12(8-9-14(17)18)10-11-16-15(19)13-6-4-3-5-7-13/h3-7,12H,2,8-11H2,1H3,(H,16,19)(H,17,18). The lowest BCUT2D eigenvalue weighted by molar-refractivity contribution is -0.137. The van der Waals surface area contributed by atoms with E-state index in [2.05, 4.69) is 5.32 Å². The summed E-state index contributed by atoms with van der Waals surface area (Å²) in [6.45, 7) is 2.64. The van der Waals surface area contributed by atoms with Gasteiger partial charge in [-0.25, -0.2) is 0 Å². The van der Waals surface area contributed by atoms with Crippen LogP contribution in [0.3, 0.4) is 0 Å². The summed E-state index contributed by atoms with van der Waals surface area (Å²) in [5.74, 6) is -0.479. The minimum Gasteiger partial charge on any atom is -0.481 e. The van der Waals surface area contributed by atoms with Crippen molar-refractivity contribution >= 4 is 11.9 Å². The maximum Gasteiger partial charge on any atom is 0.303 e. The van der Waals surface area contributed by atoms with Gasteiger partial charge in [0.2, 0.25) is 0 Å². The Bertz CT molecular complexity index is 403. The summed E-state index contributed by atoms with van der Waals surface area (Å²) in [7, 11) is 0. The van der Waals surface area contributed by atoms with Crippen molar-refractivity contribution in [1.82, 2.24) is 5.32 Å². The van der Waals surface area contributed by atoms with E-state index in [1.807, 2.05) is 25.1 Å². The molecule has 0 saturated heterocycles. The molecule has 0 heterocycles. The second-order valence-electron chi connectivity index (χ2n) is 4.62. The molecule has 1 atom stereocenters. The number of aliphatic carboxylic acids is 1. The van der Waals surface area contributed by atoms with Crippen LogP contribution in [0.5, 0.6) is 0 Å². The summed E-state index contributed by atoms with van der Waals surface area (Å²) in [5.41, 5.74) is 0.654. The Balaban J connectivity index is 2.28. The van der Waals surface area contributed by atoms with Gasteiger partial charge in [0.1, 0.15) is 0 Å². The molecule has 104 valence electrons. The normalized spacial score (nSPS) is 11.8. The van der Waals surface area contributed by atoms with Gasteiger partial charge < -0.3 is 10.4 Å². The number of nitrogens with one attached hydrogen (secondary N) is 1. The predicted molar refractivity (Wildman–Crippen MR) is 74.0 cm³/mol. The van der Waals surface area contributed by atoms with Crippen LogP contribution in [-0.4, -0.2) is 23.5 Å². The quantitative estimate of drug-likeness (QED) is 0.757. The van der Waals surface area contributed by atoms with E-state index in [1.54, 1.807) is 12.1 Å². The highest BCUT2D eigenvalue weighted by Gasteiger charge is 2.10. The molecule has 0 fully saturated rings. The Morgan fingerprint density at radius 2 is 1.89 bits per heavy atom. The molecule has 1 amide bonds. The van der Waals surface area contributed by atoms with Crippen molar-refractivity contribution < 1.29 is 14.7 Å². The van der Waals surface area contributed by atoms with Crippen LogP contribution in [0, 0.1) is 5.92 Å². The zero-order chi connectivity index (χ0) is 14.1. The smallest absolute Gasteiger partial charge is 0.303 e. The van der Waals surface area contributed by atoms with Gasteiger partial charge in [0.25, 0.3) is 5.91 Å². The van der Waals surface area contributed by atoms with Gasteiger partial charge in [0.05, 0.1) is 0 Å². The molecular weight excluding hydrogens is 242 g/mol. The van der Waals surface area contributed by atoms with Crippen molar-refractivity contribution in [2.45, 2.75) is 32.6 Å². The number of rotatable bonds is 8. The number of hydrogen-bond acceptors (Lipinski definition) is 2. The van der Waals surface area contributed by atoms with Crippen LogP contribution in [0.2, 0.25) is 0 Å². The first kappa shape index (κ1) is 15.2. The molecule has 0 aliphatic heterocycles. The Morgan fingerprint density at radius 3 is 2.47 bits per heavy atom. The van der Waals surface area contributed by atoms with E-state index in [0.717, 1.165) is 12.8 Å². The average Bonchev–Trinajstić information content (AvgIpc) is 2.43. The first-order chi connectivity index (χ1) is 9.13. The fraction of sp³-hybridized carbons (Fsp3) is 0.467. The molecular formula is C15H21NO3. The van der Waals surface area contributed by atoms with Crippen molar-refractivity contribution in [3.05, 3.63) is 35.9 Å². The van der Waals surface area contributed by atoms with Crippen LogP contribution in [-0.2, 0) is 4.79 Å². The second kappa shape index (κ2) is 8.29. The molecule has 4 nitrogen and oxygen atoms in total.